The summed E-state index contributed by atoms with van der Waals surface area (Å²) < 4.78 is 1.84. The number of anilines is 2. The lowest BCUT2D eigenvalue weighted by atomic mass is 10.3. The minimum atomic E-state index is 0.610. The van der Waals surface area contributed by atoms with Crippen molar-refractivity contribution in [3.8, 4) is 0 Å². The summed E-state index contributed by atoms with van der Waals surface area (Å²) in [5, 5.41) is 7.52. The maximum absolute atomic E-state index is 4.33. The zero-order chi connectivity index (χ0) is 11.7. The second-order valence-electron chi connectivity index (χ2n) is 3.82. The second-order valence-corrected chi connectivity index (χ2v) is 3.82. The third-order valence-electron chi connectivity index (χ3n) is 2.54. The largest absolute Gasteiger partial charge is 0.321 e. The molecule has 0 aliphatic carbocycles. The molecule has 2 aromatic heterocycles. The lowest BCUT2D eigenvalue weighted by molar-refractivity contribution is 0.731. The van der Waals surface area contributed by atoms with Crippen LogP contribution in [-0.2, 0) is 7.05 Å². The molecule has 0 saturated carbocycles. The molecule has 84 valence electrons. The van der Waals surface area contributed by atoms with E-state index in [1.807, 2.05) is 38.6 Å². The number of nitrogens with one attached hydrogen (secondary N) is 1. The quantitative estimate of drug-likeness (QED) is 0.834. The van der Waals surface area contributed by atoms with Crippen molar-refractivity contribution in [3.05, 3.63) is 29.3 Å². The predicted molar refractivity (Wildman–Crippen MR) is 62.7 cm³/mol. The van der Waals surface area contributed by atoms with E-state index in [1.54, 1.807) is 6.20 Å². The Labute approximate surface area is 94.5 Å². The molecule has 2 rings (SSSR count). The summed E-state index contributed by atoms with van der Waals surface area (Å²) in [7, 11) is 1.92. The highest BCUT2D eigenvalue weighted by Crippen LogP contribution is 2.21. The van der Waals surface area contributed by atoms with E-state index in [4.69, 9.17) is 0 Å². The van der Waals surface area contributed by atoms with Crippen LogP contribution in [0.15, 0.2) is 12.3 Å². The molecule has 5 nitrogen and oxygen atoms in total. The fourth-order valence-corrected chi connectivity index (χ4v) is 1.58. The fraction of sp³-hybridized carbons (Fsp3) is 0.364. The van der Waals surface area contributed by atoms with E-state index in [1.165, 1.54) is 0 Å². The summed E-state index contributed by atoms with van der Waals surface area (Å²) in [6, 6.07) is 1.87. The van der Waals surface area contributed by atoms with Gasteiger partial charge in [0.25, 0.3) is 0 Å². The number of nitrogens with zero attached hydrogens (tertiary/aromatic N) is 4. The first-order valence-corrected chi connectivity index (χ1v) is 5.15. The van der Waals surface area contributed by atoms with E-state index >= 15 is 0 Å². The van der Waals surface area contributed by atoms with Gasteiger partial charge < -0.3 is 5.32 Å². The molecule has 1 N–H and O–H groups in total. The van der Waals surface area contributed by atoms with E-state index in [0.29, 0.717) is 5.95 Å². The molecule has 0 amide bonds. The van der Waals surface area contributed by atoms with Gasteiger partial charge in [-0.3, -0.25) is 4.68 Å². The third-order valence-corrected chi connectivity index (χ3v) is 2.54. The Kier molecular flexibility index (Phi) is 2.60. The summed E-state index contributed by atoms with van der Waals surface area (Å²) in [4.78, 5) is 8.47. The van der Waals surface area contributed by atoms with Gasteiger partial charge in [-0.15, -0.1) is 0 Å². The zero-order valence-corrected chi connectivity index (χ0v) is 9.94. The average molecular weight is 217 g/mol. The SMILES string of the molecule is Cc1ccnc(Nc2c(C)nn(C)c2C)n1. The summed E-state index contributed by atoms with van der Waals surface area (Å²) >= 11 is 0. The molecule has 0 aromatic carbocycles. The summed E-state index contributed by atoms with van der Waals surface area (Å²) in [6.07, 6.45) is 1.74. The van der Waals surface area contributed by atoms with Crippen molar-refractivity contribution in [2.24, 2.45) is 7.05 Å². The summed E-state index contributed by atoms with van der Waals surface area (Å²) in [5.41, 5.74) is 3.94. The van der Waals surface area contributed by atoms with Crippen LogP contribution >= 0.6 is 0 Å². The van der Waals surface area contributed by atoms with E-state index in [0.717, 1.165) is 22.8 Å². The van der Waals surface area contributed by atoms with Crippen LogP contribution in [-0.4, -0.2) is 19.7 Å². The van der Waals surface area contributed by atoms with Crippen LogP contribution < -0.4 is 5.32 Å². The maximum atomic E-state index is 4.33. The molecule has 0 fully saturated rings. The molecule has 2 heterocycles. The molecule has 0 saturated heterocycles. The van der Waals surface area contributed by atoms with Crippen LogP contribution in [0, 0.1) is 20.8 Å². The van der Waals surface area contributed by atoms with Crippen molar-refractivity contribution in [2.45, 2.75) is 20.8 Å². The Bertz CT molecular complexity index is 515. The molecule has 2 aromatic rings. The minimum absolute atomic E-state index is 0.610. The molecular weight excluding hydrogens is 202 g/mol. The molecule has 0 aliphatic rings. The molecule has 0 radical (unpaired) electrons. The van der Waals surface area contributed by atoms with Gasteiger partial charge in [0.1, 0.15) is 0 Å². The summed E-state index contributed by atoms with van der Waals surface area (Å²) in [5.74, 6) is 0.610. The van der Waals surface area contributed by atoms with Gasteiger partial charge in [-0.2, -0.15) is 5.10 Å². The first-order valence-electron chi connectivity index (χ1n) is 5.15. The van der Waals surface area contributed by atoms with Crippen molar-refractivity contribution < 1.29 is 0 Å². The Balaban J connectivity index is 2.34. The van der Waals surface area contributed by atoms with Gasteiger partial charge in [0.2, 0.25) is 5.95 Å². The second kappa shape index (κ2) is 3.92. The van der Waals surface area contributed by atoms with Crippen molar-refractivity contribution in [1.82, 2.24) is 19.7 Å². The highest BCUT2D eigenvalue weighted by Gasteiger charge is 2.10. The highest BCUT2D eigenvalue weighted by atomic mass is 15.3. The van der Waals surface area contributed by atoms with Crippen molar-refractivity contribution in [3.63, 3.8) is 0 Å². The van der Waals surface area contributed by atoms with E-state index in [-0.39, 0.29) is 0 Å². The monoisotopic (exact) mass is 217 g/mol. The lowest BCUT2D eigenvalue weighted by Crippen LogP contribution is -2.00. The molecule has 16 heavy (non-hydrogen) atoms. The number of aromatic nitrogens is 4. The van der Waals surface area contributed by atoms with Crippen LogP contribution in [0.5, 0.6) is 0 Å². The topological polar surface area (TPSA) is 55.6 Å². The molecule has 5 heteroatoms. The first-order chi connectivity index (χ1) is 7.58. The molecule has 0 bridgehead atoms. The molecule has 0 unspecified atom stereocenters. The van der Waals surface area contributed by atoms with Gasteiger partial charge in [-0.1, -0.05) is 0 Å². The van der Waals surface area contributed by atoms with Gasteiger partial charge in [0, 0.05) is 18.9 Å². The van der Waals surface area contributed by atoms with Crippen molar-refractivity contribution in [2.75, 3.05) is 5.32 Å². The van der Waals surface area contributed by atoms with Gasteiger partial charge in [0.05, 0.1) is 17.1 Å². The Hall–Kier alpha value is -1.91. The average Bonchev–Trinajstić information content (AvgIpc) is 2.45. The Morgan fingerprint density at radius 3 is 2.56 bits per heavy atom. The number of hydrogen-bond donors (Lipinski definition) is 1. The number of rotatable bonds is 2. The van der Waals surface area contributed by atoms with E-state index in [2.05, 4.69) is 20.4 Å². The van der Waals surface area contributed by atoms with Crippen LogP contribution in [0.1, 0.15) is 17.1 Å². The van der Waals surface area contributed by atoms with E-state index in [9.17, 15) is 0 Å². The van der Waals surface area contributed by atoms with Gasteiger partial charge >= 0.3 is 0 Å². The van der Waals surface area contributed by atoms with Crippen LogP contribution in [0.3, 0.4) is 0 Å². The molecular formula is C11H15N5. The number of hydrogen-bond acceptors (Lipinski definition) is 4. The zero-order valence-electron chi connectivity index (χ0n) is 9.94. The predicted octanol–water partition coefficient (Wildman–Crippen LogP) is 1.88. The minimum Gasteiger partial charge on any atom is -0.321 e. The first kappa shape index (κ1) is 10.6. The van der Waals surface area contributed by atoms with Gasteiger partial charge in [-0.05, 0) is 26.8 Å². The Morgan fingerprint density at radius 1 is 1.25 bits per heavy atom. The van der Waals surface area contributed by atoms with Crippen molar-refractivity contribution in [1.29, 1.82) is 0 Å². The number of aryl methyl sites for hydroxylation is 3. The molecule has 0 atom stereocenters. The maximum Gasteiger partial charge on any atom is 0.227 e. The van der Waals surface area contributed by atoms with Crippen LogP contribution in [0.4, 0.5) is 11.6 Å². The Morgan fingerprint density at radius 2 is 2.00 bits per heavy atom. The van der Waals surface area contributed by atoms with Crippen molar-refractivity contribution >= 4 is 11.6 Å². The standard InChI is InChI=1S/C11H15N5/c1-7-5-6-12-11(13-7)14-10-8(2)15-16(4)9(10)3/h5-6H,1-4H3,(H,12,13,14). The smallest absolute Gasteiger partial charge is 0.227 e. The van der Waals surface area contributed by atoms with Crippen LogP contribution in [0.2, 0.25) is 0 Å². The fourth-order valence-electron chi connectivity index (χ4n) is 1.58. The normalized spacial score (nSPS) is 10.5. The highest BCUT2D eigenvalue weighted by molar-refractivity contribution is 5.59. The van der Waals surface area contributed by atoms with Gasteiger partial charge in [-0.25, -0.2) is 9.97 Å². The summed E-state index contributed by atoms with van der Waals surface area (Å²) in [6.45, 7) is 5.92. The molecule has 0 aliphatic heterocycles. The molecule has 0 spiro atoms. The third kappa shape index (κ3) is 1.88. The lowest BCUT2D eigenvalue weighted by Gasteiger charge is -2.05. The van der Waals surface area contributed by atoms with E-state index < -0.39 is 0 Å². The van der Waals surface area contributed by atoms with Gasteiger partial charge in [0.15, 0.2) is 0 Å². The van der Waals surface area contributed by atoms with Crippen LogP contribution in [0.25, 0.3) is 0 Å².